The predicted octanol–water partition coefficient (Wildman–Crippen LogP) is -0.218. The van der Waals surface area contributed by atoms with E-state index in [2.05, 4.69) is 4.90 Å². The summed E-state index contributed by atoms with van der Waals surface area (Å²) in [5.41, 5.74) is 0. The molecule has 1 aliphatic carbocycles. The zero-order chi connectivity index (χ0) is 15.2. The average Bonchev–Trinajstić information content (AvgIpc) is 3.28. The van der Waals surface area contributed by atoms with Gasteiger partial charge in [-0.05, 0) is 6.42 Å². The molecule has 1 N–H and O–H groups in total. The first-order valence-electron chi connectivity index (χ1n) is 7.32. The number of aliphatic carboxylic acids is 1. The smallest absolute Gasteiger partial charge is 0.307 e. The molecule has 7 nitrogen and oxygen atoms in total. The van der Waals surface area contributed by atoms with Crippen molar-refractivity contribution in [1.82, 2.24) is 9.80 Å². The first-order chi connectivity index (χ1) is 10.1. The fourth-order valence-electron chi connectivity index (χ4n) is 2.58. The van der Waals surface area contributed by atoms with E-state index in [1.54, 1.807) is 4.90 Å². The van der Waals surface area contributed by atoms with Gasteiger partial charge >= 0.3 is 5.97 Å². The van der Waals surface area contributed by atoms with E-state index in [-0.39, 0.29) is 12.3 Å². The maximum absolute atomic E-state index is 12.3. The van der Waals surface area contributed by atoms with Crippen molar-refractivity contribution < 1.29 is 19.4 Å². The van der Waals surface area contributed by atoms with Crippen LogP contribution in [0.15, 0.2) is 0 Å². The summed E-state index contributed by atoms with van der Waals surface area (Å²) in [5.74, 6) is -1.95. The first-order valence-corrected chi connectivity index (χ1v) is 7.32. The summed E-state index contributed by atoms with van der Waals surface area (Å²) in [5, 5.41) is 17.6. The highest BCUT2D eigenvalue weighted by molar-refractivity contribution is 5.89. The molecule has 1 amide bonds. The molecule has 2 fully saturated rings. The van der Waals surface area contributed by atoms with Crippen LogP contribution in [0.2, 0.25) is 0 Å². The molecule has 7 heteroatoms. The molecular formula is C14H21N3O4. The van der Waals surface area contributed by atoms with Gasteiger partial charge in [-0.15, -0.1) is 0 Å². The Bertz CT molecular complexity index is 428. The van der Waals surface area contributed by atoms with Crippen molar-refractivity contribution >= 4 is 11.9 Å². The minimum Gasteiger partial charge on any atom is -0.481 e. The van der Waals surface area contributed by atoms with Gasteiger partial charge < -0.3 is 14.7 Å². The number of carbonyl (C=O) groups excluding carboxylic acids is 1. The van der Waals surface area contributed by atoms with Crippen LogP contribution in [0.4, 0.5) is 0 Å². The van der Waals surface area contributed by atoms with Gasteiger partial charge in [0.25, 0.3) is 0 Å². The molecule has 1 heterocycles. The van der Waals surface area contributed by atoms with E-state index in [4.69, 9.17) is 15.1 Å². The molecule has 0 aromatic carbocycles. The van der Waals surface area contributed by atoms with Gasteiger partial charge in [0, 0.05) is 32.7 Å². The van der Waals surface area contributed by atoms with Crippen LogP contribution >= 0.6 is 0 Å². The van der Waals surface area contributed by atoms with Crippen molar-refractivity contribution in [1.29, 1.82) is 5.26 Å². The fourth-order valence-corrected chi connectivity index (χ4v) is 2.58. The number of morpholine rings is 1. The van der Waals surface area contributed by atoms with Crippen LogP contribution in [-0.4, -0.2) is 72.7 Å². The highest BCUT2D eigenvalue weighted by Crippen LogP contribution is 2.40. The Kier molecular flexibility index (Phi) is 5.53. The summed E-state index contributed by atoms with van der Waals surface area (Å²) in [4.78, 5) is 27.0. The van der Waals surface area contributed by atoms with Crippen LogP contribution < -0.4 is 0 Å². The zero-order valence-electron chi connectivity index (χ0n) is 12.0. The fraction of sp³-hybridized carbons (Fsp3) is 0.786. The van der Waals surface area contributed by atoms with Gasteiger partial charge in [0.15, 0.2) is 0 Å². The monoisotopic (exact) mass is 295 g/mol. The summed E-state index contributed by atoms with van der Waals surface area (Å²) in [7, 11) is 0. The quantitative estimate of drug-likeness (QED) is 0.698. The molecule has 1 aliphatic heterocycles. The van der Waals surface area contributed by atoms with Gasteiger partial charge in [-0.1, -0.05) is 0 Å². The number of amides is 1. The molecule has 1 saturated carbocycles. The molecular weight excluding hydrogens is 274 g/mol. The minimum absolute atomic E-state index is 0.120. The van der Waals surface area contributed by atoms with E-state index in [9.17, 15) is 9.59 Å². The Morgan fingerprint density at radius 3 is 2.57 bits per heavy atom. The lowest BCUT2D eigenvalue weighted by atomic mass is 10.2. The lowest BCUT2D eigenvalue weighted by molar-refractivity contribution is -0.142. The summed E-state index contributed by atoms with van der Waals surface area (Å²) >= 11 is 0. The lowest BCUT2D eigenvalue weighted by Crippen LogP contribution is -2.44. The molecule has 0 spiro atoms. The molecule has 1 saturated heterocycles. The van der Waals surface area contributed by atoms with E-state index in [0.717, 1.165) is 19.6 Å². The van der Waals surface area contributed by atoms with Crippen molar-refractivity contribution in [3.05, 3.63) is 0 Å². The van der Waals surface area contributed by atoms with Crippen LogP contribution in [0.1, 0.15) is 12.8 Å². The van der Waals surface area contributed by atoms with Gasteiger partial charge in [0.05, 0.1) is 37.5 Å². The van der Waals surface area contributed by atoms with Crippen LogP contribution in [0.25, 0.3) is 0 Å². The van der Waals surface area contributed by atoms with Crippen molar-refractivity contribution in [2.75, 3.05) is 45.9 Å². The third-order valence-corrected chi connectivity index (χ3v) is 4.02. The Morgan fingerprint density at radius 2 is 2.00 bits per heavy atom. The number of nitriles is 1. The second kappa shape index (κ2) is 7.38. The zero-order valence-corrected chi connectivity index (χ0v) is 12.0. The largest absolute Gasteiger partial charge is 0.481 e. The summed E-state index contributed by atoms with van der Waals surface area (Å²) < 4.78 is 5.28. The van der Waals surface area contributed by atoms with E-state index in [1.807, 2.05) is 6.07 Å². The van der Waals surface area contributed by atoms with Gasteiger partial charge in [0.2, 0.25) is 5.91 Å². The number of carboxylic acid groups (broad SMARTS) is 1. The number of nitrogens with zero attached hydrogens (tertiary/aromatic N) is 3. The molecule has 2 aliphatic rings. The number of ether oxygens (including phenoxy) is 1. The highest BCUT2D eigenvalue weighted by Gasteiger charge is 2.49. The maximum atomic E-state index is 12.3. The normalized spacial score (nSPS) is 25.1. The standard InChI is InChI=1S/C14H21N3O4/c15-2-1-3-17(5-4-16-6-8-21-9-7-16)13(18)11-10-12(11)14(19)20/h11-12H,1,3-10H2,(H,19,20). The Balaban J connectivity index is 1.83. The third kappa shape index (κ3) is 4.41. The molecule has 116 valence electrons. The molecule has 0 aromatic heterocycles. The Morgan fingerprint density at radius 1 is 1.29 bits per heavy atom. The van der Waals surface area contributed by atoms with Gasteiger partial charge in [-0.3, -0.25) is 14.5 Å². The highest BCUT2D eigenvalue weighted by atomic mass is 16.5. The number of hydrogen-bond acceptors (Lipinski definition) is 5. The number of carboxylic acids is 1. The molecule has 0 aromatic rings. The summed E-state index contributed by atoms with van der Waals surface area (Å²) in [6.07, 6.45) is 0.702. The van der Waals surface area contributed by atoms with Crippen molar-refractivity contribution in [2.24, 2.45) is 11.8 Å². The maximum Gasteiger partial charge on any atom is 0.307 e. The third-order valence-electron chi connectivity index (χ3n) is 4.02. The topological polar surface area (TPSA) is 93.9 Å². The summed E-state index contributed by atoms with van der Waals surface area (Å²) in [6, 6.07) is 2.04. The van der Waals surface area contributed by atoms with Crippen molar-refractivity contribution in [2.45, 2.75) is 12.8 Å². The molecule has 0 bridgehead atoms. The average molecular weight is 295 g/mol. The van der Waals surface area contributed by atoms with Gasteiger partial charge in [-0.25, -0.2) is 0 Å². The molecule has 2 atom stereocenters. The van der Waals surface area contributed by atoms with E-state index >= 15 is 0 Å². The van der Waals surface area contributed by atoms with Crippen molar-refractivity contribution in [3.8, 4) is 6.07 Å². The van der Waals surface area contributed by atoms with E-state index < -0.39 is 17.8 Å². The summed E-state index contributed by atoms with van der Waals surface area (Å²) in [6.45, 7) is 4.77. The molecule has 2 rings (SSSR count). The van der Waals surface area contributed by atoms with Gasteiger partial charge in [-0.2, -0.15) is 5.26 Å². The van der Waals surface area contributed by atoms with Crippen LogP contribution in [0.3, 0.4) is 0 Å². The first kappa shape index (κ1) is 15.7. The van der Waals surface area contributed by atoms with E-state index in [0.29, 0.717) is 32.7 Å². The second-order valence-corrected chi connectivity index (χ2v) is 5.47. The van der Waals surface area contributed by atoms with Gasteiger partial charge in [0.1, 0.15) is 0 Å². The van der Waals surface area contributed by atoms with Crippen LogP contribution in [0.5, 0.6) is 0 Å². The number of hydrogen-bond donors (Lipinski definition) is 1. The van der Waals surface area contributed by atoms with Crippen LogP contribution in [0, 0.1) is 23.2 Å². The predicted molar refractivity (Wildman–Crippen MR) is 73.3 cm³/mol. The SMILES string of the molecule is N#CCCN(CCN1CCOCC1)C(=O)C1CC1C(=O)O. The van der Waals surface area contributed by atoms with Crippen molar-refractivity contribution in [3.63, 3.8) is 0 Å². The van der Waals surface area contributed by atoms with Crippen LogP contribution in [-0.2, 0) is 14.3 Å². The van der Waals surface area contributed by atoms with E-state index in [1.165, 1.54) is 0 Å². The molecule has 0 radical (unpaired) electrons. The molecule has 2 unspecified atom stereocenters. The second-order valence-electron chi connectivity index (χ2n) is 5.47. The Hall–Kier alpha value is -1.65. The molecule has 21 heavy (non-hydrogen) atoms. The number of carbonyl (C=O) groups is 2. The number of rotatable bonds is 7. The Labute approximate surface area is 124 Å². The lowest BCUT2D eigenvalue weighted by Gasteiger charge is -2.30. The minimum atomic E-state index is -0.901.